The van der Waals surface area contributed by atoms with Crippen molar-refractivity contribution < 1.29 is 19.2 Å². The van der Waals surface area contributed by atoms with Crippen LogP contribution in [-0.2, 0) is 19.2 Å². The molecule has 0 spiro atoms. The zero-order chi connectivity index (χ0) is 50.1. The maximum Gasteiger partial charge on any atom is 0.155 e. The largest absolute Gasteiger partial charge is 0.303 e. The van der Waals surface area contributed by atoms with Gasteiger partial charge in [-0.2, -0.15) is 11.8 Å². The second kappa shape index (κ2) is 28.1. The van der Waals surface area contributed by atoms with E-state index in [1.165, 1.54) is 0 Å². The lowest BCUT2D eigenvalue weighted by molar-refractivity contribution is -0.130. The van der Waals surface area contributed by atoms with Gasteiger partial charge in [-0.25, -0.2) is 0 Å². The van der Waals surface area contributed by atoms with Gasteiger partial charge in [-0.1, -0.05) is 132 Å². The second-order valence-electron chi connectivity index (χ2n) is 26.0. The first-order valence-corrected chi connectivity index (χ1v) is 24.7. The summed E-state index contributed by atoms with van der Waals surface area (Å²) in [5, 5.41) is 13.7. The highest BCUT2D eigenvalue weighted by Gasteiger charge is 2.36. The molecule has 0 heterocycles. The van der Waals surface area contributed by atoms with Crippen molar-refractivity contribution in [3.8, 4) is 0 Å². The lowest BCUT2D eigenvalue weighted by atomic mass is 9.80. The third-order valence-electron chi connectivity index (χ3n) is 9.26. The summed E-state index contributed by atoms with van der Waals surface area (Å²) in [6.45, 7) is 59.7. The Bertz CT molecular complexity index is 1270. The fraction of sp³-hybridized carbons (Fsp3) is 0.925. The minimum absolute atomic E-state index is 0. The molecule has 0 rings (SSSR count). The van der Waals surface area contributed by atoms with Gasteiger partial charge in [0.25, 0.3) is 0 Å². The average Bonchev–Trinajstić information content (AvgIpc) is 3.00. The zero-order valence-corrected chi connectivity index (χ0v) is 47.2. The summed E-state index contributed by atoms with van der Waals surface area (Å²) in [6.07, 6.45) is 4.82. The smallest absolute Gasteiger partial charge is 0.155 e. The van der Waals surface area contributed by atoms with E-state index in [9.17, 15) is 19.2 Å². The number of hydrogen-bond acceptors (Lipinski definition) is 9. The van der Waals surface area contributed by atoms with Crippen LogP contribution < -0.4 is 21.3 Å². The fourth-order valence-corrected chi connectivity index (χ4v) is 6.74. The third kappa shape index (κ3) is 36.1. The fourth-order valence-electron chi connectivity index (χ4n) is 6.18. The number of ketones is 4. The minimum Gasteiger partial charge on any atom is -0.303 e. The van der Waals surface area contributed by atoms with Crippen molar-refractivity contribution in [2.24, 2.45) is 33.5 Å². The van der Waals surface area contributed by atoms with Crippen LogP contribution >= 0.6 is 11.8 Å². The van der Waals surface area contributed by atoms with Gasteiger partial charge in [0.1, 0.15) is 0 Å². The van der Waals surface area contributed by atoms with Gasteiger partial charge in [0.2, 0.25) is 0 Å². The van der Waals surface area contributed by atoms with Crippen LogP contribution in [0, 0.1) is 33.5 Å². The number of nitrogens with one attached hydrogen (secondary N) is 4. The van der Waals surface area contributed by atoms with Crippen molar-refractivity contribution in [1.82, 2.24) is 21.3 Å². The summed E-state index contributed by atoms with van der Waals surface area (Å²) >= 11 is 1.71. The summed E-state index contributed by atoms with van der Waals surface area (Å²) in [6, 6.07) is -0.125. The Morgan fingerprint density at radius 1 is 0.419 bits per heavy atom. The summed E-state index contributed by atoms with van der Waals surface area (Å²) in [5.74, 6) is 2.99. The number of hydrogen-bond donors (Lipinski definition) is 4. The number of rotatable bonds is 15. The predicted octanol–water partition coefficient (Wildman–Crippen LogP) is 12.9. The maximum absolute atomic E-state index is 12.4. The van der Waals surface area contributed by atoms with Crippen molar-refractivity contribution in [2.75, 3.05) is 12.0 Å². The van der Waals surface area contributed by atoms with Crippen LogP contribution in [0.15, 0.2) is 0 Å². The molecule has 0 saturated carbocycles. The molecule has 0 bridgehead atoms. The molecule has 0 aromatic heterocycles. The Balaban J connectivity index is -0.000000232. The van der Waals surface area contributed by atoms with Gasteiger partial charge in [-0.3, -0.25) is 19.2 Å². The molecule has 0 aliphatic heterocycles. The van der Waals surface area contributed by atoms with Crippen LogP contribution in [0.25, 0.3) is 0 Å². The molecule has 374 valence electrons. The molecule has 0 aliphatic carbocycles. The molecule has 62 heavy (non-hydrogen) atoms. The first kappa shape index (κ1) is 69.9. The van der Waals surface area contributed by atoms with E-state index in [1.807, 2.05) is 96.3 Å². The van der Waals surface area contributed by atoms with Gasteiger partial charge in [0, 0.05) is 49.6 Å². The normalized spacial score (nSPS) is 15.5. The first-order valence-electron chi connectivity index (χ1n) is 23.3. The van der Waals surface area contributed by atoms with Crippen LogP contribution in [0.1, 0.15) is 227 Å². The molecule has 0 aromatic carbocycles. The Labute approximate surface area is 393 Å². The highest BCUT2D eigenvalue weighted by Crippen LogP contribution is 2.25. The van der Waals surface area contributed by atoms with Gasteiger partial charge in [-0.15, -0.1) is 0 Å². The van der Waals surface area contributed by atoms with Crippen LogP contribution in [0.2, 0.25) is 0 Å². The SMILES string of the molecule is C.CC(C)CC(NC(C)(C)C)C(=O)C(C)(C)C.CCC(C)C(NC(C)(C)C)C(=O)C(C)(C)C.CCC(NC(C)(C)C)C(=O)C(C)(C)C.CSCC(NC(C)(C)C)C(=O)C(C)(C)C. The molecule has 0 saturated heterocycles. The van der Waals surface area contributed by atoms with E-state index >= 15 is 0 Å². The molecule has 0 aromatic rings. The molecule has 0 aliphatic rings. The topological polar surface area (TPSA) is 116 Å². The average molecular weight is 902 g/mol. The summed E-state index contributed by atoms with van der Waals surface area (Å²) in [7, 11) is 0. The van der Waals surface area contributed by atoms with Crippen molar-refractivity contribution in [3.05, 3.63) is 0 Å². The molecule has 0 amide bonds. The van der Waals surface area contributed by atoms with Gasteiger partial charge >= 0.3 is 0 Å². The van der Waals surface area contributed by atoms with Gasteiger partial charge in [-0.05, 0) is 114 Å². The van der Waals surface area contributed by atoms with E-state index < -0.39 is 0 Å². The Hall–Kier alpha value is -1.13. The highest BCUT2D eigenvalue weighted by atomic mass is 32.2. The van der Waals surface area contributed by atoms with E-state index in [4.69, 9.17) is 0 Å². The van der Waals surface area contributed by atoms with Crippen molar-refractivity contribution in [2.45, 2.75) is 274 Å². The number of carbonyl (C=O) groups is 4. The van der Waals surface area contributed by atoms with E-state index in [2.05, 4.69) is 132 Å². The first-order chi connectivity index (χ1) is 26.6. The number of Topliss-reactive ketones (excluding diaryl/α,β-unsaturated/α-hetero) is 4. The van der Waals surface area contributed by atoms with Crippen LogP contribution in [-0.4, -0.2) is 81.5 Å². The molecule has 9 heteroatoms. The summed E-state index contributed by atoms with van der Waals surface area (Å²) in [4.78, 5) is 48.9. The summed E-state index contributed by atoms with van der Waals surface area (Å²) < 4.78 is 0. The zero-order valence-electron chi connectivity index (χ0n) is 46.3. The minimum atomic E-state index is -0.271. The second-order valence-corrected chi connectivity index (χ2v) is 27.0. The van der Waals surface area contributed by atoms with Gasteiger partial charge < -0.3 is 21.3 Å². The van der Waals surface area contributed by atoms with Crippen molar-refractivity contribution >= 4 is 34.9 Å². The van der Waals surface area contributed by atoms with Crippen molar-refractivity contribution in [1.29, 1.82) is 0 Å². The van der Waals surface area contributed by atoms with Gasteiger partial charge in [0.15, 0.2) is 23.1 Å². The van der Waals surface area contributed by atoms with Crippen LogP contribution in [0.5, 0.6) is 0 Å². The molecule has 0 fully saturated rings. The maximum atomic E-state index is 12.4. The van der Waals surface area contributed by atoms with Crippen LogP contribution in [0.3, 0.4) is 0 Å². The Morgan fingerprint density at radius 3 is 0.935 bits per heavy atom. The molecule has 5 unspecified atom stereocenters. The Morgan fingerprint density at radius 2 is 0.694 bits per heavy atom. The molecule has 4 N–H and O–H groups in total. The lowest BCUT2D eigenvalue weighted by Gasteiger charge is -2.35. The van der Waals surface area contributed by atoms with Crippen molar-refractivity contribution in [3.63, 3.8) is 0 Å². The van der Waals surface area contributed by atoms with Gasteiger partial charge in [0.05, 0.1) is 24.2 Å². The summed E-state index contributed by atoms with van der Waals surface area (Å²) in [5.41, 5.74) is -1.10. The monoisotopic (exact) mass is 901 g/mol. The molecule has 8 nitrogen and oxygen atoms in total. The van der Waals surface area contributed by atoms with E-state index in [0.29, 0.717) is 35.0 Å². The van der Waals surface area contributed by atoms with E-state index in [0.717, 1.165) is 25.0 Å². The number of carbonyl (C=O) groups excluding carboxylic acids is 4. The van der Waals surface area contributed by atoms with Crippen LogP contribution in [0.4, 0.5) is 0 Å². The van der Waals surface area contributed by atoms with E-state index in [-0.39, 0.29) is 75.4 Å². The predicted molar refractivity (Wildman–Crippen MR) is 279 cm³/mol. The third-order valence-corrected chi connectivity index (χ3v) is 9.93. The highest BCUT2D eigenvalue weighted by molar-refractivity contribution is 7.98. The quantitative estimate of drug-likeness (QED) is 0.127. The van der Waals surface area contributed by atoms with E-state index in [1.54, 1.807) is 11.8 Å². The Kier molecular flexibility index (Phi) is 31.7. The molecule has 0 radical (unpaired) electrons. The molecular weight excluding hydrogens is 789 g/mol. The standard InChI is InChI=1S/2C14H29NO.C12H25NOS.C12H25NO.CH4/c1-10(2)9-11(15-14(6,7)8)12(16)13(3,4)5;1-9-10(2)11(15-14(6,7)8)12(16)13(3,4)5;1-11(2,3)10(14)9(8-15-7)13-12(4,5)6;1-8-9(13-12(5,6)7)10(14)11(2,3)4;/h2*10-11,15H,9H2,1-8H3;9,13H,8H2,1-7H3;9,13H,8H2,1-7H3;1H4. The lowest BCUT2D eigenvalue weighted by Crippen LogP contribution is -2.53. The number of thioether (sulfide) groups is 1. The molecule has 5 atom stereocenters. The molecular formula is C53H112N4O4S.